The molecular formula is C22H25N5O. The molecule has 1 fully saturated rings. The van der Waals surface area contributed by atoms with Gasteiger partial charge >= 0.3 is 0 Å². The minimum atomic E-state index is -0.188. The highest BCUT2D eigenvalue weighted by Crippen LogP contribution is 2.27. The number of amides is 1. The van der Waals surface area contributed by atoms with Gasteiger partial charge in [-0.25, -0.2) is 15.0 Å². The van der Waals surface area contributed by atoms with Crippen molar-refractivity contribution in [3.63, 3.8) is 0 Å². The number of carbonyl (C=O) groups excluding carboxylic acids is 1. The number of para-hydroxylation sites is 1. The molecule has 0 spiro atoms. The van der Waals surface area contributed by atoms with Crippen molar-refractivity contribution in [1.29, 1.82) is 0 Å². The van der Waals surface area contributed by atoms with Gasteiger partial charge in [-0.3, -0.25) is 4.79 Å². The van der Waals surface area contributed by atoms with Gasteiger partial charge in [0.25, 0.3) is 5.91 Å². The SMILES string of the molecule is CC(C)(C)c1ncc(NC(=O)c2cc3ccccc3nc2N2CCCC2)cn1. The maximum absolute atomic E-state index is 13.1. The van der Waals surface area contributed by atoms with Gasteiger partial charge in [-0.15, -0.1) is 0 Å². The van der Waals surface area contributed by atoms with Gasteiger partial charge in [0, 0.05) is 23.9 Å². The van der Waals surface area contributed by atoms with Crippen LogP contribution in [0.2, 0.25) is 0 Å². The third-order valence-electron chi connectivity index (χ3n) is 4.93. The number of nitrogens with zero attached hydrogens (tertiary/aromatic N) is 4. The molecule has 0 bridgehead atoms. The molecule has 4 rings (SSSR count). The summed E-state index contributed by atoms with van der Waals surface area (Å²) in [4.78, 5) is 28.9. The van der Waals surface area contributed by atoms with E-state index < -0.39 is 0 Å². The van der Waals surface area contributed by atoms with Crippen molar-refractivity contribution < 1.29 is 4.79 Å². The average Bonchev–Trinajstić information content (AvgIpc) is 3.21. The molecule has 1 aliphatic heterocycles. The molecule has 6 nitrogen and oxygen atoms in total. The first kappa shape index (κ1) is 18.3. The Balaban J connectivity index is 1.67. The number of anilines is 2. The Bertz CT molecular complexity index is 1000. The largest absolute Gasteiger partial charge is 0.356 e. The Labute approximate surface area is 165 Å². The second kappa shape index (κ2) is 7.19. The summed E-state index contributed by atoms with van der Waals surface area (Å²) >= 11 is 0. The Morgan fingerprint density at radius 2 is 1.75 bits per heavy atom. The van der Waals surface area contributed by atoms with E-state index in [0.717, 1.165) is 48.5 Å². The summed E-state index contributed by atoms with van der Waals surface area (Å²) in [6.07, 6.45) is 5.57. The first-order valence-electron chi connectivity index (χ1n) is 9.70. The minimum absolute atomic E-state index is 0.131. The van der Waals surface area contributed by atoms with Crippen molar-refractivity contribution in [2.75, 3.05) is 23.3 Å². The van der Waals surface area contributed by atoms with E-state index in [1.165, 1.54) is 0 Å². The van der Waals surface area contributed by atoms with Crippen molar-refractivity contribution >= 4 is 28.3 Å². The normalized spacial score (nSPS) is 14.5. The fourth-order valence-corrected chi connectivity index (χ4v) is 3.42. The second-order valence-corrected chi connectivity index (χ2v) is 8.25. The van der Waals surface area contributed by atoms with Crippen LogP contribution in [-0.2, 0) is 5.41 Å². The van der Waals surface area contributed by atoms with Crippen LogP contribution >= 0.6 is 0 Å². The third-order valence-corrected chi connectivity index (χ3v) is 4.93. The lowest BCUT2D eigenvalue weighted by molar-refractivity contribution is 0.102. The van der Waals surface area contributed by atoms with E-state index in [2.05, 4.69) is 41.0 Å². The number of rotatable bonds is 3. The summed E-state index contributed by atoms with van der Waals surface area (Å²) in [5.41, 5.74) is 1.94. The van der Waals surface area contributed by atoms with Gasteiger partial charge in [-0.2, -0.15) is 0 Å². The van der Waals surface area contributed by atoms with Crippen molar-refractivity contribution in [2.45, 2.75) is 39.0 Å². The Morgan fingerprint density at radius 3 is 2.43 bits per heavy atom. The molecular weight excluding hydrogens is 350 g/mol. The molecule has 1 saturated heterocycles. The predicted molar refractivity (Wildman–Crippen MR) is 112 cm³/mol. The number of benzene rings is 1. The maximum Gasteiger partial charge on any atom is 0.259 e. The van der Waals surface area contributed by atoms with Crippen molar-refractivity contribution in [3.8, 4) is 0 Å². The fourth-order valence-electron chi connectivity index (χ4n) is 3.42. The monoisotopic (exact) mass is 375 g/mol. The highest BCUT2D eigenvalue weighted by Gasteiger charge is 2.23. The van der Waals surface area contributed by atoms with E-state index in [1.54, 1.807) is 12.4 Å². The number of aromatic nitrogens is 3. The molecule has 0 aliphatic carbocycles. The van der Waals surface area contributed by atoms with E-state index in [0.29, 0.717) is 11.3 Å². The molecule has 28 heavy (non-hydrogen) atoms. The topological polar surface area (TPSA) is 71.0 Å². The van der Waals surface area contributed by atoms with E-state index in [9.17, 15) is 4.79 Å². The summed E-state index contributed by atoms with van der Waals surface area (Å²) in [6.45, 7) is 8.03. The first-order chi connectivity index (χ1) is 13.4. The smallest absolute Gasteiger partial charge is 0.259 e. The molecule has 0 radical (unpaired) electrons. The van der Waals surface area contributed by atoms with Gasteiger partial charge in [0.2, 0.25) is 0 Å². The van der Waals surface area contributed by atoms with Crippen molar-refractivity contribution in [3.05, 3.63) is 54.1 Å². The van der Waals surface area contributed by atoms with Crippen LogP contribution in [0, 0.1) is 0 Å². The van der Waals surface area contributed by atoms with Gasteiger partial charge in [0.05, 0.1) is 29.2 Å². The zero-order chi connectivity index (χ0) is 19.7. The van der Waals surface area contributed by atoms with Crippen molar-refractivity contribution in [1.82, 2.24) is 15.0 Å². The number of nitrogens with one attached hydrogen (secondary N) is 1. The average molecular weight is 375 g/mol. The zero-order valence-corrected chi connectivity index (χ0v) is 16.6. The lowest BCUT2D eigenvalue weighted by atomic mass is 9.96. The third kappa shape index (κ3) is 3.67. The summed E-state index contributed by atoms with van der Waals surface area (Å²) in [6, 6.07) is 9.82. The molecule has 1 aromatic carbocycles. The van der Waals surface area contributed by atoms with Gasteiger partial charge in [-0.05, 0) is 25.0 Å². The number of carbonyl (C=O) groups is 1. The molecule has 1 N–H and O–H groups in total. The summed E-state index contributed by atoms with van der Waals surface area (Å²) in [5.74, 6) is 1.31. The maximum atomic E-state index is 13.1. The second-order valence-electron chi connectivity index (χ2n) is 8.25. The van der Waals surface area contributed by atoms with Gasteiger partial charge in [0.1, 0.15) is 11.6 Å². The molecule has 2 aromatic heterocycles. The quantitative estimate of drug-likeness (QED) is 0.744. The van der Waals surface area contributed by atoms with Crippen LogP contribution in [0.15, 0.2) is 42.7 Å². The van der Waals surface area contributed by atoms with Gasteiger partial charge in [-0.1, -0.05) is 39.0 Å². The van der Waals surface area contributed by atoms with Crippen LogP contribution in [0.4, 0.5) is 11.5 Å². The lowest BCUT2D eigenvalue weighted by Gasteiger charge is -2.20. The summed E-state index contributed by atoms with van der Waals surface area (Å²) in [5, 5.41) is 3.89. The van der Waals surface area contributed by atoms with Crippen LogP contribution in [0.5, 0.6) is 0 Å². The first-order valence-corrected chi connectivity index (χ1v) is 9.70. The lowest BCUT2D eigenvalue weighted by Crippen LogP contribution is -2.24. The highest BCUT2D eigenvalue weighted by molar-refractivity contribution is 6.09. The fraction of sp³-hybridized carbons (Fsp3) is 0.364. The Kier molecular flexibility index (Phi) is 4.71. The van der Waals surface area contributed by atoms with E-state index >= 15 is 0 Å². The van der Waals surface area contributed by atoms with Crippen molar-refractivity contribution in [2.24, 2.45) is 0 Å². The van der Waals surface area contributed by atoms with Crippen LogP contribution in [-0.4, -0.2) is 33.9 Å². The molecule has 0 unspecified atom stereocenters. The Morgan fingerprint density at radius 1 is 1.07 bits per heavy atom. The minimum Gasteiger partial charge on any atom is -0.356 e. The molecule has 144 valence electrons. The van der Waals surface area contributed by atoms with E-state index in [4.69, 9.17) is 4.98 Å². The number of pyridine rings is 1. The number of hydrogen-bond donors (Lipinski definition) is 1. The number of hydrogen-bond acceptors (Lipinski definition) is 5. The van der Waals surface area contributed by atoms with Gasteiger partial charge < -0.3 is 10.2 Å². The molecule has 0 saturated carbocycles. The molecule has 1 aliphatic rings. The molecule has 3 heterocycles. The molecule has 0 atom stereocenters. The molecule has 1 amide bonds. The van der Waals surface area contributed by atoms with Gasteiger partial charge in [0.15, 0.2) is 0 Å². The molecule has 6 heteroatoms. The summed E-state index contributed by atoms with van der Waals surface area (Å²) < 4.78 is 0. The van der Waals surface area contributed by atoms with E-state index in [1.807, 2.05) is 30.3 Å². The van der Waals surface area contributed by atoms with E-state index in [-0.39, 0.29) is 11.3 Å². The predicted octanol–water partition coefficient (Wildman–Crippen LogP) is 4.17. The Hall–Kier alpha value is -3.02. The zero-order valence-electron chi connectivity index (χ0n) is 16.6. The molecule has 3 aromatic rings. The van der Waals surface area contributed by atoms with Crippen LogP contribution in [0.1, 0.15) is 49.8 Å². The van der Waals surface area contributed by atoms with Crippen LogP contribution in [0.3, 0.4) is 0 Å². The standard InChI is InChI=1S/C22H25N5O/c1-22(2,3)21-23-13-16(14-24-21)25-20(28)17-12-15-8-4-5-9-18(15)26-19(17)27-10-6-7-11-27/h4-5,8-9,12-14H,6-7,10-11H2,1-3H3,(H,25,28). The van der Waals surface area contributed by atoms with Crippen LogP contribution < -0.4 is 10.2 Å². The number of fused-ring (bicyclic) bond motifs is 1. The van der Waals surface area contributed by atoms with Crippen LogP contribution in [0.25, 0.3) is 10.9 Å². The summed E-state index contributed by atoms with van der Waals surface area (Å²) in [7, 11) is 0. The highest BCUT2D eigenvalue weighted by atomic mass is 16.1.